The van der Waals surface area contributed by atoms with E-state index in [1.807, 2.05) is 79.7 Å². The number of carbonyl (C=O) groups is 2. The number of anilines is 1. The van der Waals surface area contributed by atoms with Crippen LogP contribution in [0.1, 0.15) is 11.1 Å². The van der Waals surface area contributed by atoms with Gasteiger partial charge < -0.3 is 0 Å². The average Bonchev–Trinajstić information content (AvgIpc) is 3.02. The van der Waals surface area contributed by atoms with E-state index in [9.17, 15) is 9.59 Å². The number of aryl methyl sites for hydroxylation is 1. The number of rotatable bonds is 2. The van der Waals surface area contributed by atoms with Crippen molar-refractivity contribution in [1.82, 2.24) is 5.43 Å². The van der Waals surface area contributed by atoms with Crippen molar-refractivity contribution in [3.05, 3.63) is 95.6 Å². The Balaban J connectivity index is 1.68. The van der Waals surface area contributed by atoms with Crippen LogP contribution >= 0.6 is 0 Å². The Morgan fingerprint density at radius 3 is 2.00 bits per heavy atom. The van der Waals surface area contributed by atoms with Crippen molar-refractivity contribution in [2.45, 2.75) is 6.92 Å². The van der Waals surface area contributed by atoms with Gasteiger partial charge in [0, 0.05) is 0 Å². The van der Waals surface area contributed by atoms with Crippen molar-refractivity contribution in [3.8, 4) is 0 Å². The fraction of sp³-hybridized carbons (Fsp3) is 0.0400. The molecule has 1 N–H and O–H groups in total. The van der Waals surface area contributed by atoms with E-state index in [4.69, 9.17) is 0 Å². The SMILES string of the molecule is Cc1ccc(N2NC(=O)/C(=C/c3c4ccccc4cc4ccccc34)C2=O)cc1. The van der Waals surface area contributed by atoms with Crippen LogP contribution < -0.4 is 10.4 Å². The Hall–Kier alpha value is -3.92. The summed E-state index contributed by atoms with van der Waals surface area (Å²) in [6.07, 6.45) is 1.72. The van der Waals surface area contributed by atoms with Gasteiger partial charge in [-0.15, -0.1) is 0 Å². The maximum Gasteiger partial charge on any atom is 0.282 e. The van der Waals surface area contributed by atoms with E-state index < -0.39 is 5.91 Å². The van der Waals surface area contributed by atoms with Crippen LogP contribution in [-0.2, 0) is 9.59 Å². The molecule has 0 aliphatic carbocycles. The first kappa shape index (κ1) is 17.2. The Labute approximate surface area is 168 Å². The minimum atomic E-state index is -0.396. The van der Waals surface area contributed by atoms with E-state index in [1.165, 1.54) is 5.01 Å². The summed E-state index contributed by atoms with van der Waals surface area (Å²) in [6.45, 7) is 1.98. The van der Waals surface area contributed by atoms with Gasteiger partial charge in [0.2, 0.25) is 0 Å². The van der Waals surface area contributed by atoms with Crippen molar-refractivity contribution >= 4 is 45.1 Å². The molecule has 140 valence electrons. The van der Waals surface area contributed by atoms with Crippen molar-refractivity contribution < 1.29 is 9.59 Å². The van der Waals surface area contributed by atoms with E-state index in [1.54, 1.807) is 6.08 Å². The van der Waals surface area contributed by atoms with Crippen LogP contribution in [0.2, 0.25) is 0 Å². The van der Waals surface area contributed by atoms with Crippen molar-refractivity contribution in [1.29, 1.82) is 0 Å². The average molecular weight is 378 g/mol. The minimum absolute atomic E-state index is 0.132. The molecule has 1 aliphatic heterocycles. The van der Waals surface area contributed by atoms with Crippen LogP contribution in [0.15, 0.2) is 84.4 Å². The highest BCUT2D eigenvalue weighted by molar-refractivity contribution is 6.32. The van der Waals surface area contributed by atoms with E-state index in [2.05, 4.69) is 11.5 Å². The molecule has 1 saturated heterocycles. The van der Waals surface area contributed by atoms with Gasteiger partial charge in [0.15, 0.2) is 0 Å². The lowest BCUT2D eigenvalue weighted by molar-refractivity contribution is -0.117. The Morgan fingerprint density at radius 2 is 1.38 bits per heavy atom. The fourth-order valence-electron chi connectivity index (χ4n) is 3.78. The molecule has 0 spiro atoms. The summed E-state index contributed by atoms with van der Waals surface area (Å²) in [6, 6.07) is 25.6. The third kappa shape index (κ3) is 2.86. The van der Waals surface area contributed by atoms with E-state index in [-0.39, 0.29) is 11.5 Å². The molecule has 0 atom stereocenters. The molecule has 0 unspecified atom stereocenters. The number of hydrogen-bond donors (Lipinski definition) is 1. The molecule has 1 heterocycles. The molecule has 0 saturated carbocycles. The predicted octanol–water partition coefficient (Wildman–Crippen LogP) is 4.76. The molecular weight excluding hydrogens is 360 g/mol. The number of hydrogen-bond acceptors (Lipinski definition) is 2. The number of fused-ring (bicyclic) bond motifs is 2. The van der Waals surface area contributed by atoms with E-state index in [0.717, 1.165) is 32.7 Å². The first-order valence-electron chi connectivity index (χ1n) is 9.46. The summed E-state index contributed by atoms with van der Waals surface area (Å²) in [5, 5.41) is 5.46. The number of nitrogens with one attached hydrogen (secondary N) is 1. The fourth-order valence-corrected chi connectivity index (χ4v) is 3.78. The van der Waals surface area contributed by atoms with Crippen LogP contribution in [0.5, 0.6) is 0 Å². The second kappa shape index (κ2) is 6.60. The summed E-state index contributed by atoms with van der Waals surface area (Å²) in [5.74, 6) is -0.747. The zero-order valence-corrected chi connectivity index (χ0v) is 15.8. The molecule has 0 bridgehead atoms. The lowest BCUT2D eigenvalue weighted by Gasteiger charge is -2.14. The quantitative estimate of drug-likeness (QED) is 0.310. The normalized spacial score (nSPS) is 15.5. The van der Waals surface area contributed by atoms with Crippen LogP contribution in [0.3, 0.4) is 0 Å². The number of carbonyl (C=O) groups excluding carboxylic acids is 2. The van der Waals surface area contributed by atoms with Crippen molar-refractivity contribution in [2.24, 2.45) is 0 Å². The third-order valence-corrected chi connectivity index (χ3v) is 5.29. The lowest BCUT2D eigenvalue weighted by atomic mass is 9.95. The Bertz CT molecular complexity index is 1270. The monoisotopic (exact) mass is 378 g/mol. The summed E-state index contributed by atoms with van der Waals surface area (Å²) in [4.78, 5) is 25.7. The van der Waals surface area contributed by atoms with Crippen molar-refractivity contribution in [2.75, 3.05) is 5.01 Å². The largest absolute Gasteiger partial charge is 0.282 e. The molecule has 4 heteroatoms. The first-order chi connectivity index (χ1) is 14.1. The molecule has 0 radical (unpaired) electrons. The van der Waals surface area contributed by atoms with Crippen LogP contribution in [0.4, 0.5) is 5.69 Å². The van der Waals surface area contributed by atoms with Gasteiger partial charge in [-0.3, -0.25) is 15.0 Å². The molecule has 1 fully saturated rings. The molecule has 29 heavy (non-hydrogen) atoms. The van der Waals surface area contributed by atoms with Crippen LogP contribution in [0.25, 0.3) is 27.6 Å². The lowest BCUT2D eigenvalue weighted by Crippen LogP contribution is -2.35. The summed E-state index contributed by atoms with van der Waals surface area (Å²) in [7, 11) is 0. The standard InChI is InChI=1S/C25H18N2O2/c1-16-10-12-19(13-11-16)27-25(29)23(24(28)26-27)15-22-20-8-4-2-6-17(20)14-18-7-3-5-9-21(18)22/h2-15H,1H3,(H,26,28)/b23-15-. The summed E-state index contributed by atoms with van der Waals surface area (Å²) >= 11 is 0. The molecule has 5 rings (SSSR count). The van der Waals surface area contributed by atoms with Crippen LogP contribution in [0, 0.1) is 6.92 Å². The minimum Gasteiger partial charge on any atom is -0.267 e. The van der Waals surface area contributed by atoms with Gasteiger partial charge in [-0.2, -0.15) is 0 Å². The first-order valence-corrected chi connectivity index (χ1v) is 9.46. The zero-order chi connectivity index (χ0) is 20.0. The van der Waals surface area contributed by atoms with Gasteiger partial charge >= 0.3 is 0 Å². The summed E-state index contributed by atoms with van der Waals surface area (Å²) < 4.78 is 0. The molecule has 1 aliphatic rings. The molecule has 2 amide bonds. The Kier molecular flexibility index (Phi) is 3.91. The topological polar surface area (TPSA) is 49.4 Å². The summed E-state index contributed by atoms with van der Waals surface area (Å²) in [5.41, 5.74) is 5.42. The van der Waals surface area contributed by atoms with Gasteiger partial charge in [-0.1, -0.05) is 66.2 Å². The second-order valence-electron chi connectivity index (χ2n) is 7.21. The van der Waals surface area contributed by atoms with Crippen LogP contribution in [-0.4, -0.2) is 11.8 Å². The van der Waals surface area contributed by atoms with Gasteiger partial charge in [0.05, 0.1) is 5.69 Å². The molecule has 4 aromatic rings. The molecule has 4 nitrogen and oxygen atoms in total. The number of nitrogens with zero attached hydrogens (tertiary/aromatic N) is 1. The molecular formula is C25H18N2O2. The molecule has 0 aromatic heterocycles. The highest BCUT2D eigenvalue weighted by atomic mass is 16.2. The van der Waals surface area contributed by atoms with E-state index in [0.29, 0.717) is 5.69 Å². The number of hydrazine groups is 1. The zero-order valence-electron chi connectivity index (χ0n) is 15.8. The number of amides is 2. The highest BCUT2D eigenvalue weighted by Gasteiger charge is 2.34. The smallest absolute Gasteiger partial charge is 0.267 e. The van der Waals surface area contributed by atoms with Gasteiger partial charge in [-0.05, 0) is 58.3 Å². The third-order valence-electron chi connectivity index (χ3n) is 5.29. The van der Waals surface area contributed by atoms with E-state index >= 15 is 0 Å². The maximum absolute atomic E-state index is 13.1. The maximum atomic E-state index is 13.1. The highest BCUT2D eigenvalue weighted by Crippen LogP contribution is 2.31. The van der Waals surface area contributed by atoms with Gasteiger partial charge in [0.25, 0.3) is 11.8 Å². The van der Waals surface area contributed by atoms with Crippen molar-refractivity contribution in [3.63, 3.8) is 0 Å². The predicted molar refractivity (Wildman–Crippen MR) is 116 cm³/mol. The number of benzene rings is 4. The molecule has 4 aromatic carbocycles. The van der Waals surface area contributed by atoms with Gasteiger partial charge in [0.1, 0.15) is 5.57 Å². The van der Waals surface area contributed by atoms with Gasteiger partial charge in [-0.25, -0.2) is 5.01 Å². The Morgan fingerprint density at radius 1 is 0.793 bits per heavy atom. The second-order valence-corrected chi connectivity index (χ2v) is 7.21.